The Morgan fingerprint density at radius 2 is 2.08 bits per heavy atom. The summed E-state index contributed by atoms with van der Waals surface area (Å²) >= 11 is 0. The van der Waals surface area contributed by atoms with Crippen LogP contribution in [0.2, 0.25) is 0 Å². The number of nitrogens with zero attached hydrogens (tertiary/aromatic N) is 1. The van der Waals surface area contributed by atoms with E-state index in [1.807, 2.05) is 24.0 Å². The fraction of sp³-hybridized carbons (Fsp3) is 0.632. The van der Waals surface area contributed by atoms with Gasteiger partial charge in [-0.25, -0.2) is 0 Å². The molecule has 2 N–H and O–H groups in total. The third-order valence-corrected chi connectivity index (χ3v) is 4.41. The average molecular weight is 334 g/mol. The Kier molecular flexibility index (Phi) is 7.37. The van der Waals surface area contributed by atoms with Crippen LogP contribution in [0.25, 0.3) is 0 Å². The minimum Gasteiger partial charge on any atom is -0.490 e. The molecule has 1 aromatic rings. The molecule has 0 saturated carbocycles. The van der Waals surface area contributed by atoms with Crippen molar-refractivity contribution in [3.63, 3.8) is 0 Å². The lowest BCUT2D eigenvalue weighted by molar-refractivity contribution is 0.0623. The first-order valence-corrected chi connectivity index (χ1v) is 9.11. The first-order valence-electron chi connectivity index (χ1n) is 9.11. The molecule has 0 bridgehead atoms. The SMILES string of the molecule is CCCCOc1ccc(C(=O)N2CCCCC2CN)cc1OCC. The molecule has 1 saturated heterocycles. The van der Waals surface area contributed by atoms with Gasteiger partial charge in [0, 0.05) is 24.7 Å². The van der Waals surface area contributed by atoms with Gasteiger partial charge < -0.3 is 20.1 Å². The van der Waals surface area contributed by atoms with Crippen molar-refractivity contribution in [2.75, 3.05) is 26.3 Å². The maximum absolute atomic E-state index is 12.9. The number of nitrogens with two attached hydrogens (primary N) is 1. The fourth-order valence-corrected chi connectivity index (χ4v) is 3.03. The molecule has 24 heavy (non-hydrogen) atoms. The summed E-state index contributed by atoms with van der Waals surface area (Å²) in [5.41, 5.74) is 6.48. The van der Waals surface area contributed by atoms with Crippen molar-refractivity contribution in [2.24, 2.45) is 5.73 Å². The lowest BCUT2D eigenvalue weighted by Gasteiger charge is -2.35. The maximum Gasteiger partial charge on any atom is 0.254 e. The van der Waals surface area contributed by atoms with E-state index in [0.717, 1.165) is 38.6 Å². The Balaban J connectivity index is 2.16. The standard InChI is InChI=1S/C19H30N2O3/c1-3-5-12-24-17-10-9-15(13-18(17)23-4-2)19(22)21-11-7-6-8-16(21)14-20/h9-10,13,16H,3-8,11-12,14,20H2,1-2H3. The summed E-state index contributed by atoms with van der Waals surface area (Å²) in [6.45, 7) is 6.55. The third-order valence-electron chi connectivity index (χ3n) is 4.41. The van der Waals surface area contributed by atoms with Crippen LogP contribution in [-0.4, -0.2) is 43.2 Å². The topological polar surface area (TPSA) is 64.8 Å². The van der Waals surface area contributed by atoms with Crippen molar-refractivity contribution >= 4 is 5.91 Å². The minimum absolute atomic E-state index is 0.0335. The van der Waals surface area contributed by atoms with Gasteiger partial charge in [0.1, 0.15) is 0 Å². The molecule has 134 valence electrons. The molecule has 0 aromatic heterocycles. The number of likely N-dealkylation sites (tertiary alicyclic amines) is 1. The highest BCUT2D eigenvalue weighted by Crippen LogP contribution is 2.30. The normalized spacial score (nSPS) is 17.6. The second-order valence-electron chi connectivity index (χ2n) is 6.18. The van der Waals surface area contributed by atoms with Gasteiger partial charge in [-0.3, -0.25) is 4.79 Å². The van der Waals surface area contributed by atoms with Crippen molar-refractivity contribution < 1.29 is 14.3 Å². The summed E-state index contributed by atoms with van der Waals surface area (Å²) in [5, 5.41) is 0. The van der Waals surface area contributed by atoms with Crippen LogP contribution in [0.3, 0.4) is 0 Å². The Morgan fingerprint density at radius 3 is 2.79 bits per heavy atom. The first kappa shape index (κ1) is 18.6. The van der Waals surface area contributed by atoms with E-state index in [-0.39, 0.29) is 11.9 Å². The van der Waals surface area contributed by atoms with Crippen molar-refractivity contribution in [2.45, 2.75) is 52.0 Å². The molecule has 1 aromatic carbocycles. The van der Waals surface area contributed by atoms with Crippen LogP contribution in [0.1, 0.15) is 56.3 Å². The van der Waals surface area contributed by atoms with Gasteiger partial charge in [0.2, 0.25) is 0 Å². The molecule has 1 atom stereocenters. The Hall–Kier alpha value is -1.75. The first-order chi connectivity index (χ1) is 11.7. The Morgan fingerprint density at radius 1 is 1.25 bits per heavy atom. The van der Waals surface area contributed by atoms with E-state index in [9.17, 15) is 4.79 Å². The summed E-state index contributed by atoms with van der Waals surface area (Å²) in [4.78, 5) is 14.8. The van der Waals surface area contributed by atoms with Crippen molar-refractivity contribution in [3.05, 3.63) is 23.8 Å². The number of amides is 1. The highest BCUT2D eigenvalue weighted by Gasteiger charge is 2.27. The molecule has 0 radical (unpaired) electrons. The van der Waals surface area contributed by atoms with Crippen LogP contribution < -0.4 is 15.2 Å². The molecule has 1 aliphatic heterocycles. The van der Waals surface area contributed by atoms with Crippen LogP contribution >= 0.6 is 0 Å². The number of carbonyl (C=O) groups excluding carboxylic acids is 1. The fourth-order valence-electron chi connectivity index (χ4n) is 3.03. The van der Waals surface area contributed by atoms with Gasteiger partial charge in [0.15, 0.2) is 11.5 Å². The smallest absolute Gasteiger partial charge is 0.254 e. The molecular formula is C19H30N2O3. The van der Waals surface area contributed by atoms with Gasteiger partial charge in [0.05, 0.1) is 13.2 Å². The van der Waals surface area contributed by atoms with Crippen molar-refractivity contribution in [3.8, 4) is 11.5 Å². The van der Waals surface area contributed by atoms with E-state index in [0.29, 0.717) is 36.8 Å². The molecule has 1 unspecified atom stereocenters. The second kappa shape index (κ2) is 9.52. The van der Waals surface area contributed by atoms with Crippen molar-refractivity contribution in [1.29, 1.82) is 0 Å². The Bertz CT molecular complexity index is 533. The number of carbonyl (C=O) groups is 1. The van der Waals surface area contributed by atoms with Crippen LogP contribution in [0.4, 0.5) is 0 Å². The van der Waals surface area contributed by atoms with Gasteiger partial charge >= 0.3 is 0 Å². The van der Waals surface area contributed by atoms with Crippen LogP contribution in [-0.2, 0) is 0 Å². The van der Waals surface area contributed by atoms with Crippen LogP contribution in [0, 0.1) is 0 Å². The number of rotatable bonds is 8. The monoisotopic (exact) mass is 334 g/mol. The number of benzene rings is 1. The van der Waals surface area contributed by atoms with E-state index >= 15 is 0 Å². The number of hydrogen-bond donors (Lipinski definition) is 1. The van der Waals surface area contributed by atoms with E-state index in [4.69, 9.17) is 15.2 Å². The molecule has 5 nitrogen and oxygen atoms in total. The van der Waals surface area contributed by atoms with Crippen LogP contribution in [0.15, 0.2) is 18.2 Å². The molecule has 5 heteroatoms. The largest absolute Gasteiger partial charge is 0.490 e. The quantitative estimate of drug-likeness (QED) is 0.741. The zero-order chi connectivity index (χ0) is 17.4. The molecule has 1 heterocycles. The predicted molar refractivity (Wildman–Crippen MR) is 95.7 cm³/mol. The van der Waals surface area contributed by atoms with E-state index in [2.05, 4.69) is 6.92 Å². The molecule has 1 fully saturated rings. The summed E-state index contributed by atoms with van der Waals surface area (Å²) in [6, 6.07) is 5.61. The minimum atomic E-state index is 0.0335. The van der Waals surface area contributed by atoms with Crippen molar-refractivity contribution in [1.82, 2.24) is 4.90 Å². The zero-order valence-electron chi connectivity index (χ0n) is 14.9. The number of piperidine rings is 1. The molecule has 1 amide bonds. The lowest BCUT2D eigenvalue weighted by Crippen LogP contribution is -2.47. The summed E-state index contributed by atoms with van der Waals surface area (Å²) in [7, 11) is 0. The summed E-state index contributed by atoms with van der Waals surface area (Å²) < 4.78 is 11.5. The van der Waals surface area contributed by atoms with E-state index < -0.39 is 0 Å². The van der Waals surface area contributed by atoms with Gasteiger partial charge in [-0.2, -0.15) is 0 Å². The highest BCUT2D eigenvalue weighted by atomic mass is 16.5. The zero-order valence-corrected chi connectivity index (χ0v) is 14.9. The van der Waals surface area contributed by atoms with Gasteiger partial charge in [0.25, 0.3) is 5.91 Å². The number of ether oxygens (including phenoxy) is 2. The maximum atomic E-state index is 12.9. The van der Waals surface area contributed by atoms with Crippen LogP contribution in [0.5, 0.6) is 11.5 Å². The molecule has 0 spiro atoms. The van der Waals surface area contributed by atoms with E-state index in [1.54, 1.807) is 6.07 Å². The summed E-state index contributed by atoms with van der Waals surface area (Å²) in [6.07, 6.45) is 5.24. The molecular weight excluding hydrogens is 304 g/mol. The molecule has 2 rings (SSSR count). The van der Waals surface area contributed by atoms with E-state index in [1.165, 1.54) is 0 Å². The third kappa shape index (κ3) is 4.63. The lowest BCUT2D eigenvalue weighted by atomic mass is 10.0. The number of unbranched alkanes of at least 4 members (excludes halogenated alkanes) is 1. The molecule has 1 aliphatic rings. The summed E-state index contributed by atoms with van der Waals surface area (Å²) in [5.74, 6) is 1.38. The predicted octanol–water partition coefficient (Wildman–Crippen LogP) is 3.22. The van der Waals surface area contributed by atoms with Gasteiger partial charge in [-0.1, -0.05) is 13.3 Å². The van der Waals surface area contributed by atoms with Gasteiger partial charge in [-0.05, 0) is 50.8 Å². The number of hydrogen-bond acceptors (Lipinski definition) is 4. The van der Waals surface area contributed by atoms with Gasteiger partial charge in [-0.15, -0.1) is 0 Å². The molecule has 0 aliphatic carbocycles. The average Bonchev–Trinajstić information content (AvgIpc) is 2.62. The second-order valence-corrected chi connectivity index (χ2v) is 6.18. The highest BCUT2D eigenvalue weighted by molar-refractivity contribution is 5.95. The Labute approximate surface area is 145 Å².